The van der Waals surface area contributed by atoms with E-state index in [0.29, 0.717) is 6.54 Å². The Bertz CT molecular complexity index is 737. The van der Waals surface area contributed by atoms with Gasteiger partial charge in [0.2, 0.25) is 0 Å². The lowest BCUT2D eigenvalue weighted by molar-refractivity contribution is -0.136. The number of anilines is 2. The number of rotatable bonds is 5. The molecule has 7 nitrogen and oxygen atoms in total. The molecule has 3 rings (SSSR count). The van der Waals surface area contributed by atoms with Crippen molar-refractivity contribution in [2.24, 2.45) is 0 Å². The van der Waals surface area contributed by atoms with Crippen LogP contribution in [0.4, 0.5) is 11.6 Å². The fraction of sp³-hybridized carbons (Fsp3) is 0.421. The third-order valence-electron chi connectivity index (χ3n) is 4.42. The van der Waals surface area contributed by atoms with E-state index in [1.165, 1.54) is 13.8 Å². The molecular weight excluding hydrogens is 330 g/mol. The first-order chi connectivity index (χ1) is 12.4. The number of carbonyl (C=O) groups is 1. The molecule has 0 saturated carbocycles. The van der Waals surface area contributed by atoms with E-state index in [2.05, 4.69) is 25.1 Å². The van der Waals surface area contributed by atoms with Crippen LogP contribution in [-0.2, 0) is 11.3 Å². The summed E-state index contributed by atoms with van der Waals surface area (Å²) in [7, 11) is 0. The summed E-state index contributed by atoms with van der Waals surface area (Å²) in [6, 6.07) is 9.75. The molecule has 0 radical (unpaired) electrons. The maximum absolute atomic E-state index is 11.9. The number of nitrogens with zero attached hydrogens (tertiary/aromatic N) is 4. The van der Waals surface area contributed by atoms with Crippen molar-refractivity contribution in [1.82, 2.24) is 15.3 Å². The molecule has 1 fully saturated rings. The van der Waals surface area contributed by atoms with Gasteiger partial charge in [-0.15, -0.1) is 0 Å². The van der Waals surface area contributed by atoms with Crippen molar-refractivity contribution >= 4 is 17.5 Å². The third-order valence-corrected chi connectivity index (χ3v) is 4.42. The van der Waals surface area contributed by atoms with Crippen LogP contribution < -0.4 is 15.1 Å². The van der Waals surface area contributed by atoms with Gasteiger partial charge in [-0.25, -0.2) is 9.97 Å². The molecule has 2 aromatic heterocycles. The van der Waals surface area contributed by atoms with Gasteiger partial charge >= 0.3 is 0 Å². The smallest absolute Gasteiger partial charge is 0.251 e. The van der Waals surface area contributed by atoms with E-state index in [0.717, 1.165) is 43.4 Å². The fourth-order valence-corrected chi connectivity index (χ4v) is 2.93. The normalized spacial score (nSPS) is 15.0. The van der Waals surface area contributed by atoms with Crippen LogP contribution in [-0.4, -0.2) is 52.8 Å². The SMILES string of the molecule is CC(C)(O)C(=O)NCc1cccnc1N1CCN(c2ccccn2)CC1. The quantitative estimate of drug-likeness (QED) is 0.839. The highest BCUT2D eigenvalue weighted by atomic mass is 16.3. The van der Waals surface area contributed by atoms with Gasteiger partial charge in [-0.1, -0.05) is 12.1 Å². The highest BCUT2D eigenvalue weighted by Crippen LogP contribution is 2.21. The van der Waals surface area contributed by atoms with Gasteiger partial charge < -0.3 is 20.2 Å². The van der Waals surface area contributed by atoms with Gasteiger partial charge in [0, 0.05) is 50.7 Å². The second kappa shape index (κ2) is 7.70. The summed E-state index contributed by atoms with van der Waals surface area (Å²) in [4.78, 5) is 25.3. The number of hydrogen-bond donors (Lipinski definition) is 2. The van der Waals surface area contributed by atoms with Crippen LogP contribution in [0.1, 0.15) is 19.4 Å². The minimum atomic E-state index is -1.39. The fourth-order valence-electron chi connectivity index (χ4n) is 2.93. The Labute approximate surface area is 153 Å². The monoisotopic (exact) mass is 355 g/mol. The minimum Gasteiger partial charge on any atom is -0.381 e. The van der Waals surface area contributed by atoms with E-state index < -0.39 is 11.5 Å². The number of amides is 1. The number of piperazine rings is 1. The Kier molecular flexibility index (Phi) is 5.37. The van der Waals surface area contributed by atoms with Gasteiger partial charge in [0.1, 0.15) is 17.2 Å². The lowest BCUT2D eigenvalue weighted by Gasteiger charge is -2.36. The lowest BCUT2D eigenvalue weighted by Crippen LogP contribution is -2.47. The number of carbonyl (C=O) groups excluding carboxylic acids is 1. The number of aromatic nitrogens is 2. The molecule has 1 amide bonds. The molecule has 138 valence electrons. The van der Waals surface area contributed by atoms with Crippen molar-refractivity contribution in [2.75, 3.05) is 36.0 Å². The third kappa shape index (κ3) is 4.29. The van der Waals surface area contributed by atoms with E-state index >= 15 is 0 Å². The van der Waals surface area contributed by atoms with Crippen molar-refractivity contribution in [3.05, 3.63) is 48.3 Å². The zero-order chi connectivity index (χ0) is 18.6. The summed E-state index contributed by atoms with van der Waals surface area (Å²) in [5, 5.41) is 12.5. The van der Waals surface area contributed by atoms with Crippen molar-refractivity contribution < 1.29 is 9.90 Å². The minimum absolute atomic E-state index is 0.340. The summed E-state index contributed by atoms with van der Waals surface area (Å²) in [6.07, 6.45) is 3.58. The van der Waals surface area contributed by atoms with Crippen LogP contribution >= 0.6 is 0 Å². The van der Waals surface area contributed by atoms with Gasteiger partial charge in [0.25, 0.3) is 5.91 Å². The first-order valence-corrected chi connectivity index (χ1v) is 8.80. The van der Waals surface area contributed by atoms with Gasteiger partial charge in [-0.2, -0.15) is 0 Å². The molecule has 1 aliphatic heterocycles. The lowest BCUT2D eigenvalue weighted by atomic mass is 10.1. The predicted octanol–water partition coefficient (Wildman–Crippen LogP) is 1.19. The molecular formula is C19H25N5O2. The van der Waals surface area contributed by atoms with Crippen molar-refractivity contribution in [3.63, 3.8) is 0 Å². The number of pyridine rings is 2. The van der Waals surface area contributed by atoms with Crippen molar-refractivity contribution in [3.8, 4) is 0 Å². The van der Waals surface area contributed by atoms with Crippen LogP contribution in [0.15, 0.2) is 42.7 Å². The standard InChI is InChI=1S/C19H25N5O2/c1-19(2,26)18(25)22-14-15-6-5-9-21-17(15)24-12-10-23(11-13-24)16-7-3-4-8-20-16/h3-9,26H,10-14H2,1-2H3,(H,22,25). The van der Waals surface area contributed by atoms with E-state index in [1.54, 1.807) is 6.20 Å². The Morgan fingerprint density at radius 2 is 1.77 bits per heavy atom. The average molecular weight is 355 g/mol. The van der Waals surface area contributed by atoms with E-state index in [4.69, 9.17) is 0 Å². The van der Waals surface area contributed by atoms with Crippen LogP contribution in [0, 0.1) is 0 Å². The average Bonchev–Trinajstić information content (AvgIpc) is 2.66. The number of hydrogen-bond acceptors (Lipinski definition) is 6. The molecule has 7 heteroatoms. The van der Waals surface area contributed by atoms with E-state index in [9.17, 15) is 9.90 Å². The van der Waals surface area contributed by atoms with Crippen LogP contribution in [0.3, 0.4) is 0 Å². The highest BCUT2D eigenvalue weighted by molar-refractivity contribution is 5.83. The molecule has 0 unspecified atom stereocenters. The predicted molar refractivity (Wildman–Crippen MR) is 101 cm³/mol. The summed E-state index contributed by atoms with van der Waals surface area (Å²) >= 11 is 0. The maximum Gasteiger partial charge on any atom is 0.251 e. The molecule has 0 spiro atoms. The molecule has 2 N–H and O–H groups in total. The Balaban J connectivity index is 1.64. The molecule has 1 aliphatic rings. The molecule has 3 heterocycles. The molecule has 2 aromatic rings. The number of aliphatic hydroxyl groups is 1. The molecule has 0 bridgehead atoms. The van der Waals surface area contributed by atoms with E-state index in [-0.39, 0.29) is 0 Å². The molecule has 0 aromatic carbocycles. The molecule has 1 saturated heterocycles. The van der Waals surface area contributed by atoms with Gasteiger partial charge in [-0.05, 0) is 32.0 Å². The first-order valence-electron chi connectivity index (χ1n) is 8.80. The van der Waals surface area contributed by atoms with Gasteiger partial charge in [-0.3, -0.25) is 4.79 Å². The molecule has 26 heavy (non-hydrogen) atoms. The van der Waals surface area contributed by atoms with Crippen LogP contribution in [0.5, 0.6) is 0 Å². The van der Waals surface area contributed by atoms with Crippen molar-refractivity contribution in [1.29, 1.82) is 0 Å². The van der Waals surface area contributed by atoms with E-state index in [1.807, 2.05) is 36.5 Å². The Morgan fingerprint density at radius 3 is 2.42 bits per heavy atom. The zero-order valence-corrected chi connectivity index (χ0v) is 15.2. The Morgan fingerprint density at radius 1 is 1.08 bits per heavy atom. The summed E-state index contributed by atoms with van der Waals surface area (Å²) < 4.78 is 0. The number of nitrogens with one attached hydrogen (secondary N) is 1. The largest absolute Gasteiger partial charge is 0.381 e. The van der Waals surface area contributed by atoms with Crippen LogP contribution in [0.2, 0.25) is 0 Å². The first kappa shape index (κ1) is 18.1. The van der Waals surface area contributed by atoms with Crippen LogP contribution in [0.25, 0.3) is 0 Å². The van der Waals surface area contributed by atoms with Gasteiger partial charge in [0.15, 0.2) is 0 Å². The summed E-state index contributed by atoms with van der Waals surface area (Å²) in [6.45, 7) is 6.69. The maximum atomic E-state index is 11.9. The topological polar surface area (TPSA) is 81.6 Å². The molecule has 0 aliphatic carbocycles. The summed E-state index contributed by atoms with van der Waals surface area (Å²) in [5.41, 5.74) is -0.451. The Hall–Kier alpha value is -2.67. The summed E-state index contributed by atoms with van der Waals surface area (Å²) in [5.74, 6) is 1.47. The van der Waals surface area contributed by atoms with Crippen molar-refractivity contribution in [2.45, 2.75) is 26.0 Å². The second-order valence-electron chi connectivity index (χ2n) is 6.89. The molecule has 0 atom stereocenters. The highest BCUT2D eigenvalue weighted by Gasteiger charge is 2.24. The van der Waals surface area contributed by atoms with Gasteiger partial charge in [0.05, 0.1) is 0 Å². The second-order valence-corrected chi connectivity index (χ2v) is 6.89. The zero-order valence-electron chi connectivity index (χ0n) is 15.2.